The molecule has 1 aromatic carbocycles. The van der Waals surface area contributed by atoms with E-state index in [-0.39, 0.29) is 24.4 Å². The molecular formula is C17H26N3O3+. The van der Waals surface area contributed by atoms with E-state index in [0.717, 1.165) is 29.9 Å². The molecule has 0 aliphatic carbocycles. The Morgan fingerprint density at radius 2 is 1.83 bits per heavy atom. The monoisotopic (exact) mass is 320 g/mol. The van der Waals surface area contributed by atoms with Crippen molar-refractivity contribution < 1.29 is 19.2 Å². The van der Waals surface area contributed by atoms with E-state index in [2.05, 4.69) is 10.6 Å². The Balaban J connectivity index is 1.82. The van der Waals surface area contributed by atoms with Crippen molar-refractivity contribution in [2.75, 3.05) is 38.2 Å². The second-order valence-electron chi connectivity index (χ2n) is 6.03. The fourth-order valence-corrected chi connectivity index (χ4v) is 2.77. The maximum Gasteiger partial charge on any atom is 0.278 e. The highest BCUT2D eigenvalue weighted by molar-refractivity contribution is 5.96. The molecule has 6 heteroatoms. The molecular weight excluding hydrogens is 294 g/mol. The van der Waals surface area contributed by atoms with Crippen molar-refractivity contribution in [1.29, 1.82) is 0 Å². The molecule has 23 heavy (non-hydrogen) atoms. The zero-order chi connectivity index (χ0) is 16.8. The molecule has 6 nitrogen and oxygen atoms in total. The van der Waals surface area contributed by atoms with Crippen molar-refractivity contribution in [3.05, 3.63) is 29.3 Å². The summed E-state index contributed by atoms with van der Waals surface area (Å²) in [5, 5.41) is 5.60. The summed E-state index contributed by atoms with van der Waals surface area (Å²) < 4.78 is 5.30. The van der Waals surface area contributed by atoms with Crippen molar-refractivity contribution in [1.82, 2.24) is 5.32 Å². The van der Waals surface area contributed by atoms with Crippen LogP contribution in [0.15, 0.2) is 18.2 Å². The highest BCUT2D eigenvalue weighted by atomic mass is 16.5. The van der Waals surface area contributed by atoms with Crippen LogP contribution in [0.25, 0.3) is 0 Å². The van der Waals surface area contributed by atoms with Crippen LogP contribution in [0, 0.1) is 13.8 Å². The maximum absolute atomic E-state index is 12.2. The van der Waals surface area contributed by atoms with E-state index in [0.29, 0.717) is 13.2 Å². The summed E-state index contributed by atoms with van der Waals surface area (Å²) in [6, 6.07) is 5.68. The first-order chi connectivity index (χ1) is 11.0. The van der Waals surface area contributed by atoms with Crippen LogP contribution in [0.4, 0.5) is 5.69 Å². The lowest BCUT2D eigenvalue weighted by Crippen LogP contribution is -3.18. The van der Waals surface area contributed by atoms with Crippen molar-refractivity contribution in [2.45, 2.75) is 26.8 Å². The maximum atomic E-state index is 12.2. The SMILES string of the molecule is Cc1cccc(C)c1NC(=O)CNC(=O)[C@@H](C)[NH+]1CCOCC1. The average molecular weight is 320 g/mol. The van der Waals surface area contributed by atoms with Gasteiger partial charge >= 0.3 is 0 Å². The van der Waals surface area contributed by atoms with Crippen LogP contribution in [-0.2, 0) is 14.3 Å². The Morgan fingerprint density at radius 1 is 1.22 bits per heavy atom. The number of aryl methyl sites for hydroxylation is 2. The minimum absolute atomic E-state index is 0.0132. The molecule has 0 saturated carbocycles. The molecule has 1 heterocycles. The smallest absolute Gasteiger partial charge is 0.278 e. The second kappa shape index (κ2) is 8.08. The van der Waals surface area contributed by atoms with Gasteiger partial charge in [0.1, 0.15) is 13.1 Å². The van der Waals surface area contributed by atoms with Gasteiger partial charge in [-0.25, -0.2) is 0 Å². The normalized spacial score (nSPS) is 16.7. The summed E-state index contributed by atoms with van der Waals surface area (Å²) in [6.07, 6.45) is 0. The molecule has 2 amide bonds. The third-order valence-electron chi connectivity index (χ3n) is 4.31. The van der Waals surface area contributed by atoms with Crippen LogP contribution in [0.2, 0.25) is 0 Å². The topological polar surface area (TPSA) is 71.9 Å². The Hall–Kier alpha value is -1.92. The first-order valence-corrected chi connectivity index (χ1v) is 8.05. The minimum Gasteiger partial charge on any atom is -0.370 e. The van der Waals surface area contributed by atoms with Crippen LogP contribution < -0.4 is 15.5 Å². The number of rotatable bonds is 5. The lowest BCUT2D eigenvalue weighted by atomic mass is 10.1. The predicted molar refractivity (Wildman–Crippen MR) is 88.5 cm³/mol. The van der Waals surface area contributed by atoms with Crippen LogP contribution in [0.5, 0.6) is 0 Å². The zero-order valence-electron chi connectivity index (χ0n) is 14.1. The van der Waals surface area contributed by atoms with Gasteiger partial charge in [0.2, 0.25) is 5.91 Å². The predicted octanol–water partition coefficient (Wildman–Crippen LogP) is -0.338. The number of para-hydroxylation sites is 1. The molecule has 0 aromatic heterocycles. The molecule has 1 atom stereocenters. The van der Waals surface area contributed by atoms with Gasteiger partial charge in [-0.05, 0) is 31.9 Å². The zero-order valence-corrected chi connectivity index (χ0v) is 14.1. The van der Waals surface area contributed by atoms with Crippen LogP contribution in [0.1, 0.15) is 18.1 Å². The number of amides is 2. The summed E-state index contributed by atoms with van der Waals surface area (Å²) in [6.45, 7) is 8.78. The number of hydrogen-bond acceptors (Lipinski definition) is 3. The molecule has 0 spiro atoms. The van der Waals surface area contributed by atoms with E-state index in [1.165, 1.54) is 4.90 Å². The Bertz CT molecular complexity index is 548. The standard InChI is InChI=1S/C17H25N3O3/c1-12-5-4-6-13(2)16(12)19-15(21)11-18-17(22)14(3)20-7-9-23-10-8-20/h4-6,14H,7-11H2,1-3H3,(H,18,22)(H,19,21)/p+1/t14-/m1/s1. The molecule has 126 valence electrons. The van der Waals surface area contributed by atoms with Gasteiger partial charge in [-0.1, -0.05) is 18.2 Å². The third-order valence-corrected chi connectivity index (χ3v) is 4.31. The summed E-state index contributed by atoms with van der Waals surface area (Å²) in [7, 11) is 0. The average Bonchev–Trinajstić information content (AvgIpc) is 2.56. The Morgan fingerprint density at radius 3 is 2.43 bits per heavy atom. The number of carbonyl (C=O) groups is 2. The highest BCUT2D eigenvalue weighted by Gasteiger charge is 2.26. The van der Waals surface area contributed by atoms with Crippen LogP contribution in [0.3, 0.4) is 0 Å². The van der Waals surface area contributed by atoms with E-state index in [1.54, 1.807) is 0 Å². The third kappa shape index (κ3) is 4.77. The van der Waals surface area contributed by atoms with Crippen molar-refractivity contribution in [3.63, 3.8) is 0 Å². The fourth-order valence-electron chi connectivity index (χ4n) is 2.77. The first-order valence-electron chi connectivity index (χ1n) is 8.05. The van der Waals surface area contributed by atoms with Gasteiger partial charge in [0, 0.05) is 5.69 Å². The van der Waals surface area contributed by atoms with Gasteiger partial charge in [-0.2, -0.15) is 0 Å². The molecule has 0 radical (unpaired) electrons. The fraction of sp³-hybridized carbons (Fsp3) is 0.529. The number of carbonyl (C=O) groups excluding carboxylic acids is 2. The number of anilines is 1. The summed E-state index contributed by atoms with van der Waals surface area (Å²) in [5.74, 6) is -0.307. The van der Waals surface area contributed by atoms with Gasteiger partial charge in [0.25, 0.3) is 5.91 Å². The second-order valence-corrected chi connectivity index (χ2v) is 6.03. The number of morpholine rings is 1. The Kier molecular flexibility index (Phi) is 6.12. The van der Waals surface area contributed by atoms with Gasteiger partial charge in [-0.3, -0.25) is 9.59 Å². The largest absolute Gasteiger partial charge is 0.370 e. The molecule has 1 aliphatic rings. The highest BCUT2D eigenvalue weighted by Crippen LogP contribution is 2.18. The van der Waals surface area contributed by atoms with Gasteiger partial charge in [0.15, 0.2) is 6.04 Å². The van der Waals surface area contributed by atoms with Crippen molar-refractivity contribution in [2.24, 2.45) is 0 Å². The van der Waals surface area contributed by atoms with E-state index >= 15 is 0 Å². The van der Waals surface area contributed by atoms with E-state index in [1.807, 2.05) is 39.0 Å². The number of nitrogens with one attached hydrogen (secondary N) is 3. The van der Waals surface area contributed by atoms with E-state index in [9.17, 15) is 9.59 Å². The molecule has 1 aromatic rings. The summed E-state index contributed by atoms with van der Waals surface area (Å²) >= 11 is 0. The summed E-state index contributed by atoms with van der Waals surface area (Å²) in [4.78, 5) is 25.4. The molecule has 3 N–H and O–H groups in total. The van der Waals surface area contributed by atoms with Crippen LogP contribution in [-0.4, -0.2) is 50.7 Å². The lowest BCUT2D eigenvalue weighted by Gasteiger charge is -2.28. The molecule has 1 aliphatic heterocycles. The number of quaternary nitrogens is 1. The van der Waals surface area contributed by atoms with Crippen molar-refractivity contribution >= 4 is 17.5 Å². The number of ether oxygens (including phenoxy) is 1. The molecule has 0 unspecified atom stereocenters. The summed E-state index contributed by atoms with van der Waals surface area (Å²) in [5.41, 5.74) is 2.84. The number of benzene rings is 1. The molecule has 1 fully saturated rings. The molecule has 0 bridgehead atoms. The van der Waals surface area contributed by atoms with Gasteiger partial charge in [-0.15, -0.1) is 0 Å². The van der Waals surface area contributed by atoms with Gasteiger partial charge in [0.05, 0.1) is 19.8 Å². The quantitative estimate of drug-likeness (QED) is 0.695. The van der Waals surface area contributed by atoms with E-state index in [4.69, 9.17) is 4.74 Å². The lowest BCUT2D eigenvalue weighted by molar-refractivity contribution is -0.921. The van der Waals surface area contributed by atoms with Crippen molar-refractivity contribution in [3.8, 4) is 0 Å². The van der Waals surface area contributed by atoms with Gasteiger partial charge < -0.3 is 20.3 Å². The molecule has 1 saturated heterocycles. The first kappa shape index (κ1) is 17.4. The number of hydrogen-bond donors (Lipinski definition) is 3. The molecule has 2 rings (SSSR count). The van der Waals surface area contributed by atoms with Crippen LogP contribution >= 0.6 is 0 Å². The Labute approximate surface area is 137 Å². The minimum atomic E-state index is -0.208. The van der Waals surface area contributed by atoms with E-state index < -0.39 is 0 Å².